The van der Waals surface area contributed by atoms with E-state index in [1.807, 2.05) is 31.2 Å². The second kappa shape index (κ2) is 11.8. The van der Waals surface area contributed by atoms with E-state index in [4.69, 9.17) is 4.74 Å². The van der Waals surface area contributed by atoms with Gasteiger partial charge in [-0.25, -0.2) is 0 Å². The average Bonchev–Trinajstić information content (AvgIpc) is 3.09. The van der Waals surface area contributed by atoms with Gasteiger partial charge in [0.05, 0.1) is 32.1 Å². The van der Waals surface area contributed by atoms with E-state index < -0.39 is 0 Å². The van der Waals surface area contributed by atoms with Crippen LogP contribution in [-0.4, -0.2) is 47.1 Å². The molecule has 0 aliphatic rings. The summed E-state index contributed by atoms with van der Waals surface area (Å²) >= 11 is 1.43. The fourth-order valence-corrected chi connectivity index (χ4v) is 3.98. The van der Waals surface area contributed by atoms with Crippen LogP contribution in [0.3, 0.4) is 0 Å². The molecule has 1 aromatic carbocycles. The quantitative estimate of drug-likeness (QED) is 0.517. The van der Waals surface area contributed by atoms with Crippen molar-refractivity contribution in [2.45, 2.75) is 57.8 Å². The zero-order valence-corrected chi connectivity index (χ0v) is 19.0. The molecule has 29 heavy (non-hydrogen) atoms. The normalized spacial score (nSPS) is 12.2. The maximum absolute atomic E-state index is 12.5. The summed E-state index contributed by atoms with van der Waals surface area (Å²) in [7, 11) is 4.28. The molecular weight excluding hydrogens is 386 g/mol. The molecule has 1 amide bonds. The number of para-hydroxylation sites is 2. The Morgan fingerprint density at radius 2 is 2.00 bits per heavy atom. The van der Waals surface area contributed by atoms with E-state index in [2.05, 4.69) is 48.0 Å². The number of nitrogens with zero attached hydrogens (tertiary/aromatic N) is 3. The third kappa shape index (κ3) is 6.47. The summed E-state index contributed by atoms with van der Waals surface area (Å²) < 4.78 is 7.77. The maximum atomic E-state index is 12.5. The highest BCUT2D eigenvalue weighted by atomic mass is 32.2. The van der Waals surface area contributed by atoms with Gasteiger partial charge in [-0.1, -0.05) is 44.2 Å². The number of carbonyl (C=O) groups excluding carboxylic acids is 1. The Kier molecular flexibility index (Phi) is 9.47. The number of anilines is 1. The summed E-state index contributed by atoms with van der Waals surface area (Å²) in [5.41, 5.74) is 0.690. The summed E-state index contributed by atoms with van der Waals surface area (Å²) in [5.74, 6) is 1.88. The fourth-order valence-electron chi connectivity index (χ4n) is 3.21. The highest BCUT2D eigenvalue weighted by Gasteiger charge is 2.25. The molecule has 1 aromatic heterocycles. The number of nitrogens with one attached hydrogen (secondary N) is 2. The number of ether oxygens (including phenoxy) is 1. The van der Waals surface area contributed by atoms with Crippen LogP contribution >= 0.6 is 11.8 Å². The van der Waals surface area contributed by atoms with Gasteiger partial charge in [0.15, 0.2) is 11.0 Å². The van der Waals surface area contributed by atoms with E-state index in [0.717, 1.165) is 36.8 Å². The van der Waals surface area contributed by atoms with Gasteiger partial charge >= 0.3 is 0 Å². The number of benzene rings is 1. The van der Waals surface area contributed by atoms with Crippen LogP contribution in [0, 0.1) is 0 Å². The number of unbranched alkanes of at least 4 members (excludes halogenated alkanes) is 1. The predicted molar refractivity (Wildman–Crippen MR) is 118 cm³/mol. The number of quaternary nitrogens is 1. The summed E-state index contributed by atoms with van der Waals surface area (Å²) in [6, 6.07) is 7.77. The third-order valence-electron chi connectivity index (χ3n) is 4.69. The van der Waals surface area contributed by atoms with Crippen LogP contribution in [0.25, 0.3) is 0 Å². The van der Waals surface area contributed by atoms with Gasteiger partial charge in [-0.2, -0.15) is 0 Å². The monoisotopic (exact) mass is 420 g/mol. The number of thioether (sulfide) groups is 1. The van der Waals surface area contributed by atoms with E-state index in [1.54, 1.807) is 0 Å². The van der Waals surface area contributed by atoms with Crippen LogP contribution < -0.4 is 15.0 Å². The molecule has 0 unspecified atom stereocenters. The van der Waals surface area contributed by atoms with E-state index in [0.29, 0.717) is 24.1 Å². The number of carbonyl (C=O) groups is 1. The fraction of sp³-hybridized carbons (Fsp3) is 0.571. The van der Waals surface area contributed by atoms with Crippen LogP contribution in [0.2, 0.25) is 0 Å². The van der Waals surface area contributed by atoms with Crippen LogP contribution in [-0.2, 0) is 11.3 Å². The summed E-state index contributed by atoms with van der Waals surface area (Å²) in [5, 5.41) is 12.6. The minimum absolute atomic E-state index is 0.0842. The first-order valence-electron chi connectivity index (χ1n) is 10.4. The van der Waals surface area contributed by atoms with Crippen molar-refractivity contribution in [2.75, 3.05) is 31.8 Å². The molecule has 0 bridgehead atoms. The molecule has 160 valence electrons. The zero-order valence-electron chi connectivity index (χ0n) is 18.2. The van der Waals surface area contributed by atoms with Crippen molar-refractivity contribution in [1.29, 1.82) is 0 Å². The maximum Gasteiger partial charge on any atom is 0.234 e. The highest BCUT2D eigenvalue weighted by molar-refractivity contribution is 7.99. The van der Waals surface area contributed by atoms with Gasteiger partial charge in [0.2, 0.25) is 5.91 Å². The molecule has 0 aliphatic carbocycles. The molecule has 1 heterocycles. The Bertz CT molecular complexity index is 778. The van der Waals surface area contributed by atoms with Gasteiger partial charge < -0.3 is 19.5 Å². The molecule has 0 spiro atoms. The molecular formula is C21H34N5O2S+. The lowest BCUT2D eigenvalue weighted by molar-refractivity contribution is -0.893. The molecule has 8 heteroatoms. The van der Waals surface area contributed by atoms with Crippen molar-refractivity contribution in [2.24, 2.45) is 0 Å². The average molecular weight is 421 g/mol. The molecule has 0 aliphatic heterocycles. The van der Waals surface area contributed by atoms with Crippen LogP contribution in [0.5, 0.6) is 5.75 Å². The van der Waals surface area contributed by atoms with Crippen LogP contribution in [0.4, 0.5) is 5.69 Å². The van der Waals surface area contributed by atoms with Crippen molar-refractivity contribution >= 4 is 23.4 Å². The smallest absolute Gasteiger partial charge is 0.234 e. The Labute approximate surface area is 178 Å². The lowest BCUT2D eigenvalue weighted by Gasteiger charge is -2.20. The van der Waals surface area contributed by atoms with Crippen molar-refractivity contribution in [1.82, 2.24) is 14.8 Å². The minimum Gasteiger partial charge on any atom is -0.492 e. The van der Waals surface area contributed by atoms with Crippen molar-refractivity contribution in [3.05, 3.63) is 30.1 Å². The predicted octanol–water partition coefficient (Wildman–Crippen LogP) is 2.80. The molecule has 2 aromatic rings. The van der Waals surface area contributed by atoms with Gasteiger partial charge in [-0.05, 0) is 25.5 Å². The van der Waals surface area contributed by atoms with Gasteiger partial charge in [0.25, 0.3) is 0 Å². The molecule has 0 radical (unpaired) electrons. The Morgan fingerprint density at radius 1 is 1.24 bits per heavy atom. The van der Waals surface area contributed by atoms with Gasteiger partial charge in [-0.3, -0.25) is 4.79 Å². The number of amides is 1. The number of hydrogen-bond acceptors (Lipinski definition) is 5. The molecule has 0 saturated carbocycles. The SMILES string of the molecule is CCCCn1c(SCC(=O)Nc2ccccc2OCC)nnc1[C@H](CC)[NH+](C)C. The molecule has 2 rings (SSSR count). The Hall–Kier alpha value is -2.06. The van der Waals surface area contributed by atoms with Gasteiger partial charge in [0, 0.05) is 13.0 Å². The first kappa shape index (κ1) is 23.2. The lowest BCUT2D eigenvalue weighted by Crippen LogP contribution is -3.06. The Balaban J connectivity index is 2.09. The van der Waals surface area contributed by atoms with Crippen molar-refractivity contribution < 1.29 is 14.4 Å². The zero-order chi connectivity index (χ0) is 21.2. The van der Waals surface area contributed by atoms with E-state index in [-0.39, 0.29) is 11.7 Å². The summed E-state index contributed by atoms with van der Waals surface area (Å²) in [6.07, 6.45) is 3.15. The molecule has 7 nitrogen and oxygen atoms in total. The van der Waals surface area contributed by atoms with E-state index in [9.17, 15) is 4.79 Å². The van der Waals surface area contributed by atoms with E-state index >= 15 is 0 Å². The van der Waals surface area contributed by atoms with Gasteiger partial charge in [0.1, 0.15) is 11.8 Å². The first-order valence-corrected chi connectivity index (χ1v) is 11.4. The first-order chi connectivity index (χ1) is 14.0. The van der Waals surface area contributed by atoms with Gasteiger partial charge in [-0.15, -0.1) is 10.2 Å². The van der Waals surface area contributed by atoms with Crippen molar-refractivity contribution in [3.63, 3.8) is 0 Å². The summed E-state index contributed by atoms with van der Waals surface area (Å²) in [6.45, 7) is 7.70. The molecule has 0 saturated heterocycles. The molecule has 1 atom stereocenters. The molecule has 2 N–H and O–H groups in total. The van der Waals surface area contributed by atoms with E-state index in [1.165, 1.54) is 16.7 Å². The number of rotatable bonds is 12. The second-order valence-corrected chi connectivity index (χ2v) is 8.09. The molecule has 0 fully saturated rings. The highest BCUT2D eigenvalue weighted by Crippen LogP contribution is 2.25. The second-order valence-electron chi connectivity index (χ2n) is 7.15. The topological polar surface area (TPSA) is 73.5 Å². The lowest BCUT2D eigenvalue weighted by atomic mass is 10.2. The standard InChI is InChI=1S/C21H33N5O2S/c1-6-9-14-26-20(17(7-2)25(4)5)23-24-21(26)29-15-19(27)22-16-12-10-11-13-18(16)28-8-3/h10-13,17H,6-9,14-15H2,1-5H3,(H,22,27)/p+1/t17-/m0/s1. The third-order valence-corrected chi connectivity index (χ3v) is 5.66. The van der Waals surface area contributed by atoms with Crippen molar-refractivity contribution in [3.8, 4) is 5.75 Å². The largest absolute Gasteiger partial charge is 0.492 e. The number of aromatic nitrogens is 3. The summed E-state index contributed by atoms with van der Waals surface area (Å²) in [4.78, 5) is 13.9. The van der Waals surface area contributed by atoms with Crippen LogP contribution in [0.1, 0.15) is 51.9 Å². The van der Waals surface area contributed by atoms with Crippen LogP contribution in [0.15, 0.2) is 29.4 Å². The number of hydrogen-bond donors (Lipinski definition) is 2. The Morgan fingerprint density at radius 3 is 2.66 bits per heavy atom. The minimum atomic E-state index is -0.0842.